The van der Waals surface area contributed by atoms with Crippen molar-refractivity contribution in [3.8, 4) is 11.5 Å². The van der Waals surface area contributed by atoms with Crippen molar-refractivity contribution in [2.75, 3.05) is 13.7 Å². The normalized spacial score (nSPS) is 15.4. The number of carbonyl (C=O) groups is 2. The second-order valence-electron chi connectivity index (χ2n) is 6.22. The minimum atomic E-state index is -0.292. The molecule has 2 aromatic carbocycles. The van der Waals surface area contributed by atoms with Gasteiger partial charge in [0.15, 0.2) is 11.5 Å². The van der Waals surface area contributed by atoms with Crippen LogP contribution in [0.2, 0.25) is 0 Å². The number of halogens is 1. The van der Waals surface area contributed by atoms with Crippen molar-refractivity contribution in [1.29, 1.82) is 0 Å². The van der Waals surface area contributed by atoms with E-state index in [0.717, 1.165) is 32.9 Å². The summed E-state index contributed by atoms with van der Waals surface area (Å²) >= 11 is 4.42. The Balaban J connectivity index is 1.85. The number of hydrogen-bond donors (Lipinski definition) is 0. The Bertz CT molecular complexity index is 940. The van der Waals surface area contributed by atoms with Crippen molar-refractivity contribution >= 4 is 44.9 Å². The molecule has 28 heavy (non-hydrogen) atoms. The number of carbonyl (C=O) groups excluding carboxylic acids is 2. The van der Waals surface area contributed by atoms with E-state index < -0.39 is 0 Å². The lowest BCUT2D eigenvalue weighted by Gasteiger charge is -2.13. The van der Waals surface area contributed by atoms with Crippen LogP contribution in [0.1, 0.15) is 23.6 Å². The van der Waals surface area contributed by atoms with Gasteiger partial charge in [0.1, 0.15) is 0 Å². The molecule has 2 aromatic rings. The zero-order chi connectivity index (χ0) is 20.3. The fourth-order valence-corrected chi connectivity index (χ4v) is 4.18. The second-order valence-corrected chi connectivity index (χ2v) is 8.07. The largest absolute Gasteiger partial charge is 0.493 e. The topological polar surface area (TPSA) is 55.8 Å². The molecule has 0 aliphatic carbocycles. The lowest BCUT2D eigenvalue weighted by atomic mass is 10.1. The summed E-state index contributed by atoms with van der Waals surface area (Å²) in [4.78, 5) is 26.8. The number of thioether (sulfide) groups is 1. The lowest BCUT2D eigenvalue weighted by molar-refractivity contribution is -0.123. The quantitative estimate of drug-likeness (QED) is 0.538. The maximum Gasteiger partial charge on any atom is 0.293 e. The molecule has 0 aromatic heterocycles. The fourth-order valence-electron chi connectivity index (χ4n) is 2.77. The van der Waals surface area contributed by atoms with Crippen LogP contribution in [-0.2, 0) is 11.3 Å². The van der Waals surface area contributed by atoms with Crippen molar-refractivity contribution in [3.63, 3.8) is 0 Å². The van der Waals surface area contributed by atoms with Crippen LogP contribution < -0.4 is 9.47 Å². The number of amides is 2. The van der Waals surface area contributed by atoms with Crippen LogP contribution in [0.5, 0.6) is 11.5 Å². The molecule has 0 saturated carbocycles. The average Bonchev–Trinajstić information content (AvgIpc) is 2.92. The molecular weight excluding hydrogens is 442 g/mol. The second kappa shape index (κ2) is 8.84. The van der Waals surface area contributed by atoms with Crippen molar-refractivity contribution in [1.82, 2.24) is 4.90 Å². The fraction of sp³-hybridized carbons (Fsp3) is 0.238. The van der Waals surface area contributed by atoms with E-state index in [-0.39, 0.29) is 17.7 Å². The van der Waals surface area contributed by atoms with E-state index in [1.54, 1.807) is 19.3 Å². The SMILES string of the molecule is CCOc1c(Br)cc(C=C2SC(=O)N(Cc3ccc(C)cc3)C2=O)cc1OC. The number of methoxy groups -OCH3 is 1. The van der Waals surface area contributed by atoms with Crippen LogP contribution in [0.3, 0.4) is 0 Å². The summed E-state index contributed by atoms with van der Waals surface area (Å²) in [6.45, 7) is 4.66. The summed E-state index contributed by atoms with van der Waals surface area (Å²) < 4.78 is 11.7. The highest BCUT2D eigenvalue weighted by atomic mass is 79.9. The summed E-state index contributed by atoms with van der Waals surface area (Å²) in [6, 6.07) is 11.4. The van der Waals surface area contributed by atoms with Gasteiger partial charge in [-0.2, -0.15) is 0 Å². The first-order valence-electron chi connectivity index (χ1n) is 8.74. The van der Waals surface area contributed by atoms with E-state index in [1.165, 1.54) is 4.90 Å². The highest BCUT2D eigenvalue weighted by molar-refractivity contribution is 9.10. The van der Waals surface area contributed by atoms with Crippen molar-refractivity contribution < 1.29 is 19.1 Å². The van der Waals surface area contributed by atoms with Gasteiger partial charge in [0.2, 0.25) is 0 Å². The number of aryl methyl sites for hydroxylation is 1. The van der Waals surface area contributed by atoms with Crippen LogP contribution in [0, 0.1) is 6.92 Å². The van der Waals surface area contributed by atoms with E-state index >= 15 is 0 Å². The van der Waals surface area contributed by atoms with E-state index in [0.29, 0.717) is 23.0 Å². The minimum absolute atomic E-state index is 0.262. The van der Waals surface area contributed by atoms with Crippen LogP contribution >= 0.6 is 27.7 Å². The Morgan fingerprint density at radius 1 is 1.18 bits per heavy atom. The summed E-state index contributed by atoms with van der Waals surface area (Å²) in [7, 11) is 1.56. The van der Waals surface area contributed by atoms with Gasteiger partial charge >= 0.3 is 0 Å². The molecule has 1 aliphatic rings. The van der Waals surface area contributed by atoms with E-state index in [1.807, 2.05) is 44.2 Å². The monoisotopic (exact) mass is 461 g/mol. The van der Waals surface area contributed by atoms with Crippen molar-refractivity contribution in [3.05, 3.63) is 62.5 Å². The maximum absolute atomic E-state index is 12.7. The molecule has 146 valence electrons. The number of hydrogen-bond acceptors (Lipinski definition) is 5. The first-order valence-corrected chi connectivity index (χ1v) is 10.3. The predicted molar refractivity (Wildman–Crippen MR) is 115 cm³/mol. The number of nitrogens with zero attached hydrogens (tertiary/aromatic N) is 1. The molecule has 0 radical (unpaired) electrons. The van der Waals surface area contributed by atoms with E-state index in [2.05, 4.69) is 15.9 Å². The standard InChI is InChI=1S/C21H20BrNO4S/c1-4-27-19-16(22)9-15(10-17(19)26-3)11-18-20(24)23(21(25)28-18)12-14-7-5-13(2)6-8-14/h5-11H,4,12H2,1-3H3. The molecular formula is C21H20BrNO4S. The van der Waals surface area contributed by atoms with Gasteiger partial charge in [-0.15, -0.1) is 0 Å². The highest BCUT2D eigenvalue weighted by Crippen LogP contribution is 2.39. The number of rotatable bonds is 6. The zero-order valence-electron chi connectivity index (χ0n) is 15.8. The Morgan fingerprint density at radius 2 is 1.89 bits per heavy atom. The Labute approximate surface area is 176 Å². The van der Waals surface area contributed by atoms with Gasteiger partial charge in [0.05, 0.1) is 29.6 Å². The Hall–Kier alpha value is -2.25. The van der Waals surface area contributed by atoms with Crippen LogP contribution in [-0.4, -0.2) is 29.8 Å². The molecule has 5 nitrogen and oxygen atoms in total. The summed E-state index contributed by atoms with van der Waals surface area (Å²) in [5.74, 6) is 0.871. The molecule has 0 unspecified atom stereocenters. The molecule has 0 N–H and O–H groups in total. The van der Waals surface area contributed by atoms with Crippen LogP contribution in [0.15, 0.2) is 45.8 Å². The molecule has 0 spiro atoms. The molecule has 1 saturated heterocycles. The van der Waals surface area contributed by atoms with E-state index in [9.17, 15) is 9.59 Å². The Kier molecular flexibility index (Phi) is 6.46. The van der Waals surface area contributed by atoms with Gasteiger partial charge in [-0.3, -0.25) is 14.5 Å². The molecule has 1 aliphatic heterocycles. The number of ether oxygens (including phenoxy) is 2. The Morgan fingerprint density at radius 3 is 2.54 bits per heavy atom. The minimum Gasteiger partial charge on any atom is -0.493 e. The van der Waals surface area contributed by atoms with Crippen molar-refractivity contribution in [2.24, 2.45) is 0 Å². The molecule has 2 amide bonds. The van der Waals surface area contributed by atoms with Crippen LogP contribution in [0.4, 0.5) is 4.79 Å². The molecule has 1 heterocycles. The first kappa shape index (κ1) is 20.5. The third-order valence-corrected chi connectivity index (χ3v) is 5.67. The molecule has 0 bridgehead atoms. The third-order valence-electron chi connectivity index (χ3n) is 4.17. The van der Waals surface area contributed by atoms with Gasteiger partial charge in [0, 0.05) is 0 Å². The van der Waals surface area contributed by atoms with Crippen LogP contribution in [0.25, 0.3) is 6.08 Å². The predicted octanol–water partition coefficient (Wildman–Crippen LogP) is 5.40. The van der Waals surface area contributed by atoms with E-state index in [4.69, 9.17) is 9.47 Å². The van der Waals surface area contributed by atoms with Gasteiger partial charge < -0.3 is 9.47 Å². The smallest absolute Gasteiger partial charge is 0.293 e. The van der Waals surface area contributed by atoms with Gasteiger partial charge in [0.25, 0.3) is 11.1 Å². The number of imide groups is 1. The molecule has 7 heteroatoms. The van der Waals surface area contributed by atoms with Gasteiger partial charge in [-0.25, -0.2) is 0 Å². The highest BCUT2D eigenvalue weighted by Gasteiger charge is 2.35. The molecule has 1 fully saturated rings. The maximum atomic E-state index is 12.7. The average molecular weight is 462 g/mol. The molecule has 0 atom stereocenters. The summed E-state index contributed by atoms with van der Waals surface area (Å²) in [6.07, 6.45) is 1.70. The first-order chi connectivity index (χ1) is 13.4. The molecule has 3 rings (SSSR count). The number of benzene rings is 2. The van der Waals surface area contributed by atoms with Gasteiger partial charge in [-0.05, 0) is 70.9 Å². The lowest BCUT2D eigenvalue weighted by Crippen LogP contribution is -2.27. The third kappa shape index (κ3) is 4.42. The summed E-state index contributed by atoms with van der Waals surface area (Å²) in [5, 5.41) is -0.270. The zero-order valence-corrected chi connectivity index (χ0v) is 18.2. The van der Waals surface area contributed by atoms with Gasteiger partial charge in [-0.1, -0.05) is 29.8 Å². The van der Waals surface area contributed by atoms with Crippen molar-refractivity contribution in [2.45, 2.75) is 20.4 Å². The summed E-state index contributed by atoms with van der Waals surface area (Å²) in [5.41, 5.74) is 2.79.